The molecular formula is C36H58O8. The molecule has 8 atom stereocenters. The number of ether oxygens (including phenoxy) is 6. The summed E-state index contributed by atoms with van der Waals surface area (Å²) in [5.74, 6) is 1.75. The maximum absolute atomic E-state index is 11.6. The minimum absolute atomic E-state index is 0.000943. The third-order valence-electron chi connectivity index (χ3n) is 9.73. The summed E-state index contributed by atoms with van der Waals surface area (Å²) in [6.45, 7) is 8.32. The van der Waals surface area contributed by atoms with Gasteiger partial charge in [0.1, 0.15) is 12.4 Å². The lowest BCUT2D eigenvalue weighted by atomic mass is 9.89. The molecule has 250 valence electrons. The summed E-state index contributed by atoms with van der Waals surface area (Å²) in [6, 6.07) is 0. The van der Waals surface area contributed by atoms with E-state index in [1.807, 2.05) is 0 Å². The lowest BCUT2D eigenvalue weighted by molar-refractivity contribution is -0.200. The normalized spacial score (nSPS) is 30.3. The van der Waals surface area contributed by atoms with Crippen molar-refractivity contribution in [1.29, 1.82) is 0 Å². The van der Waals surface area contributed by atoms with Gasteiger partial charge in [0, 0.05) is 24.9 Å². The van der Waals surface area contributed by atoms with Gasteiger partial charge in [-0.3, -0.25) is 0 Å². The van der Waals surface area contributed by atoms with E-state index in [2.05, 4.69) is 39.0 Å². The van der Waals surface area contributed by atoms with Crippen LogP contribution in [0.4, 0.5) is 0 Å². The highest BCUT2D eigenvalue weighted by atomic mass is 16.7. The third kappa shape index (κ3) is 10.7. The van der Waals surface area contributed by atoms with Crippen LogP contribution in [0.5, 0.6) is 0 Å². The van der Waals surface area contributed by atoms with Gasteiger partial charge in [-0.1, -0.05) is 30.2 Å². The van der Waals surface area contributed by atoms with Crippen LogP contribution >= 0.6 is 0 Å². The van der Waals surface area contributed by atoms with E-state index in [0.29, 0.717) is 11.8 Å². The van der Waals surface area contributed by atoms with Crippen molar-refractivity contribution in [1.82, 2.24) is 0 Å². The molecule has 1 saturated carbocycles. The first-order valence-corrected chi connectivity index (χ1v) is 17.2. The molecule has 0 spiro atoms. The van der Waals surface area contributed by atoms with Crippen LogP contribution < -0.4 is 0 Å². The van der Waals surface area contributed by atoms with E-state index in [9.17, 15) is 9.90 Å². The van der Waals surface area contributed by atoms with Crippen LogP contribution in [-0.2, 0) is 33.2 Å². The molecule has 0 aromatic carbocycles. The van der Waals surface area contributed by atoms with Gasteiger partial charge in [0.25, 0.3) is 0 Å². The molecule has 8 nitrogen and oxygen atoms in total. The molecule has 2 heterocycles. The Morgan fingerprint density at radius 3 is 2.39 bits per heavy atom. The molecule has 4 rings (SSSR count). The second-order valence-corrected chi connectivity index (χ2v) is 13.5. The Labute approximate surface area is 265 Å². The van der Waals surface area contributed by atoms with E-state index in [1.54, 1.807) is 0 Å². The largest absolute Gasteiger partial charge is 0.469 e. The number of methoxy groups -OCH3 is 1. The Balaban J connectivity index is 1.53. The molecule has 4 aliphatic rings. The lowest BCUT2D eigenvalue weighted by Crippen LogP contribution is -2.34. The molecule has 2 saturated heterocycles. The minimum Gasteiger partial charge on any atom is -0.469 e. The Morgan fingerprint density at radius 1 is 1.05 bits per heavy atom. The van der Waals surface area contributed by atoms with Gasteiger partial charge >= 0.3 is 5.97 Å². The molecule has 2 aliphatic carbocycles. The first kappa shape index (κ1) is 35.1. The van der Waals surface area contributed by atoms with Gasteiger partial charge in [0.15, 0.2) is 12.6 Å². The van der Waals surface area contributed by atoms with Gasteiger partial charge in [-0.05, 0) is 108 Å². The number of hydrogen-bond donors (Lipinski definition) is 1. The van der Waals surface area contributed by atoms with Crippen LogP contribution in [0.15, 0.2) is 35.1 Å². The van der Waals surface area contributed by atoms with Gasteiger partial charge in [-0.2, -0.15) is 0 Å². The molecule has 0 bridgehead atoms. The molecule has 2 aliphatic heterocycles. The van der Waals surface area contributed by atoms with E-state index in [1.165, 1.54) is 24.7 Å². The molecule has 0 amide bonds. The quantitative estimate of drug-likeness (QED) is 0.107. The fraction of sp³-hybridized carbons (Fsp3) is 0.806. The topological polar surface area (TPSA) is 92.7 Å². The highest BCUT2D eigenvalue weighted by Gasteiger charge is 2.50. The summed E-state index contributed by atoms with van der Waals surface area (Å²) < 4.78 is 36.0. The van der Waals surface area contributed by atoms with Crippen LogP contribution in [0, 0.1) is 29.6 Å². The summed E-state index contributed by atoms with van der Waals surface area (Å²) in [4.78, 5) is 11.6. The zero-order chi connectivity index (χ0) is 31.3. The van der Waals surface area contributed by atoms with Gasteiger partial charge in [-0.25, -0.2) is 4.79 Å². The van der Waals surface area contributed by atoms with Crippen molar-refractivity contribution in [2.24, 2.45) is 29.6 Å². The Bertz CT molecular complexity index is 957. The Kier molecular flexibility index (Phi) is 14.7. The number of fused-ring (bicyclic) bond motifs is 1. The minimum atomic E-state index is -0.410. The predicted molar refractivity (Wildman–Crippen MR) is 169 cm³/mol. The summed E-state index contributed by atoms with van der Waals surface area (Å²) in [5.41, 5.74) is 2.58. The fourth-order valence-electron chi connectivity index (χ4n) is 7.20. The monoisotopic (exact) mass is 618 g/mol. The van der Waals surface area contributed by atoms with Gasteiger partial charge in [0.2, 0.25) is 0 Å². The number of hydrogen-bond acceptors (Lipinski definition) is 8. The maximum Gasteiger partial charge on any atom is 0.331 e. The first-order valence-electron chi connectivity index (χ1n) is 17.2. The molecule has 0 aromatic rings. The van der Waals surface area contributed by atoms with Crippen LogP contribution in [0.3, 0.4) is 0 Å². The van der Waals surface area contributed by atoms with Crippen molar-refractivity contribution in [3.05, 3.63) is 35.1 Å². The zero-order valence-corrected chi connectivity index (χ0v) is 27.7. The lowest BCUT2D eigenvalue weighted by Gasteiger charge is -2.33. The second-order valence-electron chi connectivity index (χ2n) is 13.5. The van der Waals surface area contributed by atoms with E-state index in [-0.39, 0.29) is 56.3 Å². The van der Waals surface area contributed by atoms with Crippen LogP contribution in [0.25, 0.3) is 0 Å². The maximum atomic E-state index is 11.6. The average molecular weight is 619 g/mol. The fourth-order valence-corrected chi connectivity index (χ4v) is 7.20. The van der Waals surface area contributed by atoms with Crippen molar-refractivity contribution in [2.75, 3.05) is 40.1 Å². The number of allylic oxidation sites excluding steroid dienone is 4. The van der Waals surface area contributed by atoms with Crippen molar-refractivity contribution in [2.45, 2.75) is 117 Å². The first-order chi connectivity index (χ1) is 21.4. The van der Waals surface area contributed by atoms with Crippen LogP contribution in [0.1, 0.15) is 97.8 Å². The van der Waals surface area contributed by atoms with Crippen LogP contribution in [-0.4, -0.2) is 69.9 Å². The Hall–Kier alpha value is -1.71. The third-order valence-corrected chi connectivity index (χ3v) is 9.73. The van der Waals surface area contributed by atoms with Crippen molar-refractivity contribution < 1.29 is 38.3 Å². The number of esters is 1. The van der Waals surface area contributed by atoms with Gasteiger partial charge < -0.3 is 33.5 Å². The predicted octanol–water partition coefficient (Wildman–Crippen LogP) is 6.87. The summed E-state index contributed by atoms with van der Waals surface area (Å²) in [5, 5.41) is 10.3. The van der Waals surface area contributed by atoms with Crippen molar-refractivity contribution in [3.8, 4) is 0 Å². The highest BCUT2D eigenvalue weighted by Crippen LogP contribution is 2.52. The molecule has 3 fully saturated rings. The summed E-state index contributed by atoms with van der Waals surface area (Å²) in [7, 11) is 1.35. The smallest absolute Gasteiger partial charge is 0.331 e. The molecule has 0 radical (unpaired) electrons. The number of aliphatic hydroxyl groups is 1. The summed E-state index contributed by atoms with van der Waals surface area (Å²) >= 11 is 0. The van der Waals surface area contributed by atoms with Gasteiger partial charge in [0.05, 0.1) is 33.0 Å². The van der Waals surface area contributed by atoms with Crippen molar-refractivity contribution >= 4 is 5.97 Å². The van der Waals surface area contributed by atoms with Crippen molar-refractivity contribution in [3.63, 3.8) is 0 Å². The highest BCUT2D eigenvalue weighted by molar-refractivity contribution is 5.70. The Morgan fingerprint density at radius 2 is 1.75 bits per heavy atom. The average Bonchev–Trinajstić information content (AvgIpc) is 3.57. The second kappa shape index (κ2) is 18.4. The van der Waals surface area contributed by atoms with E-state index in [0.717, 1.165) is 89.6 Å². The number of aliphatic hydroxyl groups excluding tert-OH is 1. The standard InChI is InChI=1S/C36H58O8/c1-25(2)11-9-12-26(3)13-10-14-31(43-34-15-5-7-17-41-34)36-30-20-27(29(22-37)23-40-24-33(38)39-4)19-28(30)21-32(36)44-35-16-6-8-18-42-35/h11,14,20,26,28-30,32,34-37H,5-10,12-13,15-19,21-24H2,1-4H3/t26-,28?,29?,30?,32-,34?,35?,36+/m1/s1. The van der Waals surface area contributed by atoms with Gasteiger partial charge in [-0.15, -0.1) is 0 Å². The number of carbonyl (C=O) groups is 1. The SMILES string of the molecule is COC(=O)COCC(CO)C1=CC2C(C1)C[C@@H](OC1CCCCO1)[C@@H]2C(=CCC[C@H](C)CCC=C(C)C)OC1CCCCO1. The van der Waals surface area contributed by atoms with E-state index < -0.39 is 5.97 Å². The molecule has 8 heteroatoms. The van der Waals surface area contributed by atoms with E-state index >= 15 is 0 Å². The summed E-state index contributed by atoms with van der Waals surface area (Å²) in [6.07, 6.45) is 19.0. The van der Waals surface area contributed by atoms with E-state index in [4.69, 9.17) is 28.4 Å². The number of rotatable bonds is 17. The molecule has 44 heavy (non-hydrogen) atoms. The molecule has 5 unspecified atom stereocenters. The number of carbonyl (C=O) groups excluding carboxylic acids is 1. The molecule has 1 N–H and O–H groups in total. The molecular weight excluding hydrogens is 560 g/mol. The molecule has 0 aromatic heterocycles. The van der Waals surface area contributed by atoms with Crippen LogP contribution in [0.2, 0.25) is 0 Å². The zero-order valence-electron chi connectivity index (χ0n) is 27.7.